The Morgan fingerprint density at radius 1 is 1.12 bits per heavy atom. The van der Waals surface area contributed by atoms with Gasteiger partial charge in [-0.25, -0.2) is 0 Å². The summed E-state index contributed by atoms with van der Waals surface area (Å²) in [6.07, 6.45) is 0. The van der Waals surface area contributed by atoms with Crippen LogP contribution in [-0.2, 0) is 0 Å². The van der Waals surface area contributed by atoms with Crippen LogP contribution in [0.2, 0.25) is 0 Å². The Morgan fingerprint density at radius 2 is 1.62 bits per heavy atom. The van der Waals surface area contributed by atoms with Gasteiger partial charge in [0.2, 0.25) is 0 Å². The molecule has 1 nitrogen and oxygen atoms in total. The van der Waals surface area contributed by atoms with Crippen LogP contribution in [0.1, 0.15) is 39.2 Å². The summed E-state index contributed by atoms with van der Waals surface area (Å²) in [4.78, 5) is 0. The van der Waals surface area contributed by atoms with Crippen LogP contribution < -0.4 is 5.73 Å². The topological polar surface area (TPSA) is 26.0 Å². The molecule has 1 fully saturated rings. The zero-order valence-electron chi connectivity index (χ0n) is 10.8. The Bertz CT molecular complexity index is 353. The second kappa shape index (κ2) is 3.89. The molecule has 1 aromatic rings. The van der Waals surface area contributed by atoms with E-state index in [0.717, 1.165) is 0 Å². The van der Waals surface area contributed by atoms with Crippen molar-refractivity contribution in [2.24, 2.45) is 23.0 Å². The quantitative estimate of drug-likeness (QED) is 0.825. The Labute approximate surface area is 99.0 Å². The molecule has 16 heavy (non-hydrogen) atoms. The van der Waals surface area contributed by atoms with Crippen molar-refractivity contribution in [3.63, 3.8) is 0 Å². The maximum Gasteiger partial charge on any atom is 0.0134 e. The fraction of sp³-hybridized carbons (Fsp3) is 0.600. The highest BCUT2D eigenvalue weighted by Gasteiger charge is 2.59. The summed E-state index contributed by atoms with van der Waals surface area (Å²) in [6, 6.07) is 11.2. The van der Waals surface area contributed by atoms with Crippen molar-refractivity contribution in [3.8, 4) is 0 Å². The van der Waals surface area contributed by atoms with Gasteiger partial charge in [-0.3, -0.25) is 0 Å². The average molecular weight is 217 g/mol. The molecule has 1 saturated carbocycles. The van der Waals surface area contributed by atoms with Crippen molar-refractivity contribution in [1.82, 2.24) is 0 Å². The lowest BCUT2D eigenvalue weighted by atomic mass is 9.82. The molecule has 0 radical (unpaired) electrons. The van der Waals surface area contributed by atoms with Crippen molar-refractivity contribution in [3.05, 3.63) is 35.9 Å². The van der Waals surface area contributed by atoms with Crippen molar-refractivity contribution >= 4 is 0 Å². The van der Waals surface area contributed by atoms with E-state index in [4.69, 9.17) is 5.73 Å². The maximum absolute atomic E-state index is 6.22. The van der Waals surface area contributed by atoms with E-state index in [1.54, 1.807) is 0 Å². The first-order valence-corrected chi connectivity index (χ1v) is 6.26. The van der Waals surface area contributed by atoms with Gasteiger partial charge in [-0.15, -0.1) is 0 Å². The monoisotopic (exact) mass is 217 g/mol. The van der Waals surface area contributed by atoms with Gasteiger partial charge < -0.3 is 5.73 Å². The van der Waals surface area contributed by atoms with E-state index in [-0.39, 0.29) is 0 Å². The smallest absolute Gasteiger partial charge is 0.0134 e. The van der Waals surface area contributed by atoms with E-state index < -0.39 is 0 Å². The molecule has 0 saturated heterocycles. The van der Waals surface area contributed by atoms with Gasteiger partial charge >= 0.3 is 0 Å². The third-order valence-corrected chi connectivity index (χ3v) is 4.29. The minimum atomic E-state index is 0.310. The lowest BCUT2D eigenvalue weighted by Crippen LogP contribution is -2.14. The van der Waals surface area contributed by atoms with E-state index in [9.17, 15) is 0 Å². The van der Waals surface area contributed by atoms with Gasteiger partial charge in [-0.1, -0.05) is 58.0 Å². The number of rotatable bonds is 3. The van der Waals surface area contributed by atoms with E-state index in [2.05, 4.69) is 58.0 Å². The zero-order chi connectivity index (χ0) is 11.9. The Morgan fingerprint density at radius 3 is 2.00 bits per heavy atom. The number of hydrogen-bond donors (Lipinski definition) is 1. The van der Waals surface area contributed by atoms with Gasteiger partial charge in [-0.2, -0.15) is 0 Å². The summed E-state index contributed by atoms with van der Waals surface area (Å²) >= 11 is 0. The van der Waals surface area contributed by atoms with Crippen LogP contribution in [-0.4, -0.2) is 6.04 Å². The molecule has 2 N–H and O–H groups in total. The molecule has 1 aliphatic carbocycles. The molecule has 0 spiro atoms. The third-order valence-electron chi connectivity index (χ3n) is 4.29. The molecule has 1 aliphatic rings. The number of hydrogen-bond acceptors (Lipinski definition) is 1. The summed E-state index contributed by atoms with van der Waals surface area (Å²) in [5.74, 6) is 1.89. The van der Waals surface area contributed by atoms with E-state index in [1.807, 2.05) is 0 Å². The molecule has 88 valence electrons. The molecule has 3 atom stereocenters. The highest BCUT2D eigenvalue weighted by atomic mass is 14.8. The fourth-order valence-electron chi connectivity index (χ4n) is 3.09. The van der Waals surface area contributed by atoms with Gasteiger partial charge in [0.05, 0.1) is 0 Å². The van der Waals surface area contributed by atoms with Crippen LogP contribution in [0.5, 0.6) is 0 Å². The molecular weight excluding hydrogens is 194 g/mol. The maximum atomic E-state index is 6.22. The molecule has 1 aromatic carbocycles. The first-order valence-electron chi connectivity index (χ1n) is 6.26. The fourth-order valence-corrected chi connectivity index (χ4v) is 3.09. The van der Waals surface area contributed by atoms with Crippen molar-refractivity contribution in [1.29, 1.82) is 0 Å². The number of benzene rings is 1. The van der Waals surface area contributed by atoms with Crippen LogP contribution >= 0.6 is 0 Å². The predicted molar refractivity (Wildman–Crippen MR) is 69.3 cm³/mol. The molecule has 1 heteroatoms. The summed E-state index contributed by atoms with van der Waals surface area (Å²) in [6.45, 7) is 9.19. The SMILES string of the molecule is CC(C)C(c1ccccc1)C1C(N)C1(C)C. The molecule has 0 aromatic heterocycles. The van der Waals surface area contributed by atoms with Crippen LogP contribution in [0.3, 0.4) is 0 Å². The molecule has 0 heterocycles. The molecule has 0 amide bonds. The molecule has 3 unspecified atom stereocenters. The van der Waals surface area contributed by atoms with E-state index >= 15 is 0 Å². The van der Waals surface area contributed by atoms with E-state index in [1.165, 1.54) is 5.56 Å². The normalized spacial score (nSPS) is 29.1. The van der Waals surface area contributed by atoms with Gasteiger partial charge in [0.1, 0.15) is 0 Å². The minimum Gasteiger partial charge on any atom is -0.327 e. The Hall–Kier alpha value is -0.820. The van der Waals surface area contributed by atoms with Crippen LogP contribution in [0.25, 0.3) is 0 Å². The molecule has 0 bridgehead atoms. The van der Waals surface area contributed by atoms with Gasteiger partial charge in [0, 0.05) is 6.04 Å². The lowest BCUT2D eigenvalue weighted by molar-refractivity contribution is 0.393. The molecule has 0 aliphatic heterocycles. The Kier molecular flexibility index (Phi) is 2.83. The first kappa shape index (κ1) is 11.7. The summed E-state index contributed by atoms with van der Waals surface area (Å²) in [5, 5.41) is 0. The van der Waals surface area contributed by atoms with Crippen molar-refractivity contribution < 1.29 is 0 Å². The van der Waals surface area contributed by atoms with Crippen LogP contribution in [0.4, 0.5) is 0 Å². The lowest BCUT2D eigenvalue weighted by Gasteiger charge is -2.23. The van der Waals surface area contributed by atoms with E-state index in [0.29, 0.717) is 29.2 Å². The second-order valence-corrected chi connectivity index (χ2v) is 6.05. The minimum absolute atomic E-state index is 0.310. The zero-order valence-corrected chi connectivity index (χ0v) is 10.8. The standard InChI is InChI=1S/C15H23N/c1-10(2)12(11-8-6-5-7-9-11)13-14(16)15(13,3)4/h5-10,12-14H,16H2,1-4H3. The van der Waals surface area contributed by atoms with Gasteiger partial charge in [0.15, 0.2) is 0 Å². The average Bonchev–Trinajstić information content (AvgIpc) is 2.70. The van der Waals surface area contributed by atoms with Crippen molar-refractivity contribution in [2.75, 3.05) is 0 Å². The molecular formula is C15H23N. The third kappa shape index (κ3) is 1.78. The highest BCUT2D eigenvalue weighted by molar-refractivity contribution is 5.27. The van der Waals surface area contributed by atoms with Crippen molar-refractivity contribution in [2.45, 2.75) is 39.7 Å². The van der Waals surface area contributed by atoms with Gasteiger partial charge in [0.25, 0.3) is 0 Å². The Balaban J connectivity index is 2.27. The first-order chi connectivity index (χ1) is 7.46. The van der Waals surface area contributed by atoms with Crippen LogP contribution in [0, 0.1) is 17.3 Å². The number of nitrogens with two attached hydrogens (primary N) is 1. The van der Waals surface area contributed by atoms with Crippen LogP contribution in [0.15, 0.2) is 30.3 Å². The molecule has 2 rings (SSSR count). The largest absolute Gasteiger partial charge is 0.327 e. The summed E-state index contributed by atoms with van der Waals surface area (Å²) < 4.78 is 0. The van der Waals surface area contributed by atoms with Gasteiger partial charge in [-0.05, 0) is 28.7 Å². The second-order valence-electron chi connectivity index (χ2n) is 6.05. The highest BCUT2D eigenvalue weighted by Crippen LogP contribution is 2.59. The summed E-state index contributed by atoms with van der Waals surface area (Å²) in [5.41, 5.74) is 7.98. The predicted octanol–water partition coefficient (Wildman–Crippen LogP) is 3.41. The summed E-state index contributed by atoms with van der Waals surface area (Å²) in [7, 11) is 0.